The number of carbonyl (C=O) groups is 3. The number of amides is 3. The molecule has 11 nitrogen and oxygen atoms in total. The Morgan fingerprint density at radius 3 is 2.16 bits per heavy atom. The normalized spacial score (nSPS) is 13.1. The summed E-state index contributed by atoms with van der Waals surface area (Å²) in [6.07, 6.45) is 0.407. The maximum atomic E-state index is 12.7. The van der Waals surface area contributed by atoms with Gasteiger partial charge in [-0.1, -0.05) is 38.1 Å². The molecule has 1 rings (SSSR count). The van der Waals surface area contributed by atoms with E-state index in [1.807, 2.05) is 0 Å². The van der Waals surface area contributed by atoms with E-state index in [1.54, 1.807) is 38.1 Å². The van der Waals surface area contributed by atoms with E-state index in [9.17, 15) is 22.8 Å². The van der Waals surface area contributed by atoms with Crippen molar-refractivity contribution in [3.8, 4) is 0 Å². The second kappa shape index (κ2) is 12.8. The van der Waals surface area contributed by atoms with Crippen molar-refractivity contribution in [2.75, 3.05) is 5.75 Å². The van der Waals surface area contributed by atoms with Crippen molar-refractivity contribution in [3.05, 3.63) is 35.4 Å². The van der Waals surface area contributed by atoms with Gasteiger partial charge in [0.05, 0.1) is 5.75 Å². The molecule has 0 spiro atoms. The van der Waals surface area contributed by atoms with E-state index in [-0.39, 0.29) is 37.4 Å². The molecule has 0 aromatic heterocycles. The average Bonchev–Trinajstić information content (AvgIpc) is 2.73. The minimum Gasteiger partial charge on any atom is -0.384 e. The summed E-state index contributed by atoms with van der Waals surface area (Å²) in [7, 11) is -3.64. The Kier molecular flexibility index (Phi) is 10.8. The van der Waals surface area contributed by atoms with Gasteiger partial charge < -0.3 is 22.1 Å². The molecule has 12 heteroatoms. The molecular formula is C20H32N6O5S. The maximum Gasteiger partial charge on any atom is 0.242 e. The van der Waals surface area contributed by atoms with E-state index in [4.69, 9.17) is 16.9 Å². The lowest BCUT2D eigenvalue weighted by Crippen LogP contribution is -2.53. The molecule has 2 atom stereocenters. The van der Waals surface area contributed by atoms with E-state index < -0.39 is 39.8 Å². The smallest absolute Gasteiger partial charge is 0.242 e. The molecule has 1 aromatic rings. The summed E-state index contributed by atoms with van der Waals surface area (Å²) in [4.78, 5) is 36.5. The van der Waals surface area contributed by atoms with E-state index in [1.165, 1.54) is 0 Å². The minimum atomic E-state index is -3.64. The Balaban J connectivity index is 2.84. The van der Waals surface area contributed by atoms with Crippen molar-refractivity contribution < 1.29 is 22.8 Å². The second-order valence-corrected chi connectivity index (χ2v) is 9.17. The monoisotopic (exact) mass is 468 g/mol. The molecular weight excluding hydrogens is 436 g/mol. The lowest BCUT2D eigenvalue weighted by molar-refractivity contribution is -0.130. The summed E-state index contributed by atoms with van der Waals surface area (Å²) >= 11 is 0. The molecule has 0 aliphatic heterocycles. The fraction of sp³-hybridized carbons (Fsp3) is 0.500. The molecule has 0 bridgehead atoms. The van der Waals surface area contributed by atoms with Crippen molar-refractivity contribution in [1.82, 2.24) is 15.4 Å². The Morgan fingerprint density at radius 1 is 1.03 bits per heavy atom. The predicted octanol–water partition coefficient (Wildman–Crippen LogP) is -0.555. The summed E-state index contributed by atoms with van der Waals surface area (Å²) in [5.41, 5.74) is 11.9. The molecule has 0 heterocycles. The summed E-state index contributed by atoms with van der Waals surface area (Å²) in [5.74, 6) is -2.03. The third-order valence-electron chi connectivity index (χ3n) is 4.56. The fourth-order valence-electron chi connectivity index (χ4n) is 2.81. The lowest BCUT2D eigenvalue weighted by atomic mass is 10.1. The number of hydrogen-bond acceptors (Lipinski definition) is 6. The van der Waals surface area contributed by atoms with Crippen LogP contribution in [0.3, 0.4) is 0 Å². The number of nitrogen functional groups attached to an aromatic ring is 1. The van der Waals surface area contributed by atoms with Crippen LogP contribution in [0.5, 0.6) is 0 Å². The summed E-state index contributed by atoms with van der Waals surface area (Å²) < 4.78 is 26.4. The van der Waals surface area contributed by atoms with Gasteiger partial charge in [-0.25, -0.2) is 13.1 Å². The highest BCUT2D eigenvalue weighted by Crippen LogP contribution is 2.06. The first-order valence-corrected chi connectivity index (χ1v) is 11.9. The lowest BCUT2D eigenvalue weighted by Gasteiger charge is -2.22. The van der Waals surface area contributed by atoms with Gasteiger partial charge in [-0.15, -0.1) is 0 Å². The van der Waals surface area contributed by atoms with Gasteiger partial charge >= 0.3 is 0 Å². The maximum absolute atomic E-state index is 12.7. The molecule has 0 aliphatic rings. The summed E-state index contributed by atoms with van der Waals surface area (Å²) in [6, 6.07) is 4.56. The Labute approximate surface area is 188 Å². The highest BCUT2D eigenvalue weighted by molar-refractivity contribution is 7.89. The van der Waals surface area contributed by atoms with E-state index in [0.29, 0.717) is 12.0 Å². The molecule has 3 amide bonds. The van der Waals surface area contributed by atoms with Crippen molar-refractivity contribution >= 4 is 33.6 Å². The van der Waals surface area contributed by atoms with Crippen LogP contribution in [0.25, 0.3) is 0 Å². The molecule has 1 aromatic carbocycles. The number of hydrogen-bond donors (Lipinski definition) is 6. The van der Waals surface area contributed by atoms with Crippen LogP contribution in [-0.4, -0.2) is 49.8 Å². The topological polar surface area (TPSA) is 197 Å². The average molecular weight is 469 g/mol. The van der Waals surface area contributed by atoms with Crippen LogP contribution in [0.1, 0.15) is 50.7 Å². The highest BCUT2D eigenvalue weighted by Gasteiger charge is 2.27. The number of carbonyl (C=O) groups excluding carboxylic acids is 3. The van der Waals surface area contributed by atoms with Crippen LogP contribution in [0.15, 0.2) is 24.3 Å². The SMILES string of the molecule is CCCS(=O)(=O)N[C@H](CC)C(=O)N[C@@H](CCC(N)=O)C(=O)NCc1ccc(C(=N)N)cc1. The first-order valence-electron chi connectivity index (χ1n) is 10.3. The molecule has 178 valence electrons. The van der Waals surface area contributed by atoms with Gasteiger partial charge in [-0.2, -0.15) is 0 Å². The van der Waals surface area contributed by atoms with Crippen LogP contribution >= 0.6 is 0 Å². The highest BCUT2D eigenvalue weighted by atomic mass is 32.2. The van der Waals surface area contributed by atoms with Gasteiger partial charge in [0, 0.05) is 18.5 Å². The third-order valence-corrected chi connectivity index (χ3v) is 6.15. The van der Waals surface area contributed by atoms with Gasteiger partial charge in [0.2, 0.25) is 27.7 Å². The fourth-order valence-corrected chi connectivity index (χ4v) is 4.17. The molecule has 0 fully saturated rings. The Morgan fingerprint density at radius 2 is 1.66 bits per heavy atom. The van der Waals surface area contributed by atoms with E-state index in [2.05, 4.69) is 15.4 Å². The van der Waals surface area contributed by atoms with Crippen LogP contribution in [-0.2, 0) is 31.0 Å². The number of nitrogens with two attached hydrogens (primary N) is 2. The number of sulfonamides is 1. The van der Waals surface area contributed by atoms with Crippen molar-refractivity contribution in [2.45, 2.75) is 58.2 Å². The van der Waals surface area contributed by atoms with Gasteiger partial charge in [-0.05, 0) is 24.8 Å². The number of benzene rings is 1. The van der Waals surface area contributed by atoms with Crippen molar-refractivity contribution in [2.24, 2.45) is 11.5 Å². The van der Waals surface area contributed by atoms with Gasteiger partial charge in [-0.3, -0.25) is 19.8 Å². The van der Waals surface area contributed by atoms with Crippen LogP contribution in [0, 0.1) is 5.41 Å². The number of primary amides is 1. The molecule has 8 N–H and O–H groups in total. The number of rotatable bonds is 14. The molecule has 0 saturated heterocycles. The van der Waals surface area contributed by atoms with Crippen molar-refractivity contribution in [3.63, 3.8) is 0 Å². The van der Waals surface area contributed by atoms with Gasteiger partial charge in [0.25, 0.3) is 0 Å². The van der Waals surface area contributed by atoms with Gasteiger partial charge in [0.1, 0.15) is 17.9 Å². The zero-order valence-corrected chi connectivity index (χ0v) is 19.1. The minimum absolute atomic E-state index is 0.0334. The standard InChI is InChI=1S/C20H32N6O5S/c1-3-11-32(30,31)26-15(4-2)20(29)25-16(9-10-17(21)27)19(28)24-12-13-5-7-14(8-6-13)18(22)23/h5-8,15-16,26H,3-4,9-12H2,1-2H3,(H2,21,27)(H3,22,23)(H,24,28)(H,25,29)/t15-,16+/m1/s1. The zero-order chi connectivity index (χ0) is 24.3. The largest absolute Gasteiger partial charge is 0.384 e. The third kappa shape index (κ3) is 9.43. The van der Waals surface area contributed by atoms with Crippen molar-refractivity contribution in [1.29, 1.82) is 5.41 Å². The van der Waals surface area contributed by atoms with Crippen LogP contribution < -0.4 is 26.8 Å². The zero-order valence-electron chi connectivity index (χ0n) is 18.3. The first-order chi connectivity index (χ1) is 15.0. The Bertz CT molecular complexity index is 917. The number of nitrogens with one attached hydrogen (secondary N) is 4. The van der Waals surface area contributed by atoms with E-state index in [0.717, 1.165) is 5.56 Å². The molecule has 0 unspecified atom stereocenters. The number of amidine groups is 1. The molecule has 0 aliphatic carbocycles. The van der Waals surface area contributed by atoms with Crippen LogP contribution in [0.2, 0.25) is 0 Å². The van der Waals surface area contributed by atoms with E-state index >= 15 is 0 Å². The van der Waals surface area contributed by atoms with Crippen LogP contribution in [0.4, 0.5) is 0 Å². The molecule has 0 radical (unpaired) electrons. The molecule has 0 saturated carbocycles. The summed E-state index contributed by atoms with van der Waals surface area (Å²) in [5, 5.41) is 12.6. The first kappa shape index (κ1) is 27.0. The van der Waals surface area contributed by atoms with Gasteiger partial charge in [0.15, 0.2) is 0 Å². The Hall–Kier alpha value is -2.99. The molecule has 32 heavy (non-hydrogen) atoms. The quantitative estimate of drug-likeness (QED) is 0.156. The second-order valence-electron chi connectivity index (χ2n) is 7.29. The summed E-state index contributed by atoms with van der Waals surface area (Å²) in [6.45, 7) is 3.49. The predicted molar refractivity (Wildman–Crippen MR) is 121 cm³/mol.